The van der Waals surface area contributed by atoms with Crippen LogP contribution < -0.4 is 4.90 Å². The first-order valence-corrected chi connectivity index (χ1v) is 10.1. The van der Waals surface area contributed by atoms with Crippen molar-refractivity contribution >= 4 is 17.5 Å². The molecule has 29 heavy (non-hydrogen) atoms. The smallest absolute Gasteiger partial charge is 0.228 e. The van der Waals surface area contributed by atoms with Crippen LogP contribution in [0.25, 0.3) is 0 Å². The molecule has 2 saturated heterocycles. The van der Waals surface area contributed by atoms with E-state index in [1.807, 2.05) is 36.1 Å². The number of nitrogens with zero attached hydrogens (tertiary/aromatic N) is 3. The Labute approximate surface area is 170 Å². The van der Waals surface area contributed by atoms with Crippen LogP contribution in [0.3, 0.4) is 0 Å². The van der Waals surface area contributed by atoms with Gasteiger partial charge in [0.15, 0.2) is 0 Å². The number of hydrogen-bond donors (Lipinski definition) is 0. The van der Waals surface area contributed by atoms with E-state index in [1.54, 1.807) is 17.0 Å². The van der Waals surface area contributed by atoms with Gasteiger partial charge in [-0.15, -0.1) is 0 Å². The number of rotatable bonds is 4. The van der Waals surface area contributed by atoms with Crippen LogP contribution in [0.15, 0.2) is 48.5 Å². The zero-order valence-corrected chi connectivity index (χ0v) is 16.7. The highest BCUT2D eigenvalue weighted by Gasteiger charge is 2.37. The summed E-state index contributed by atoms with van der Waals surface area (Å²) in [6.07, 6.45) is 0.295. The fraction of sp³-hybridized carbons (Fsp3) is 0.391. The predicted octanol–water partition coefficient (Wildman–Crippen LogP) is 2.83. The quantitative estimate of drug-likeness (QED) is 0.800. The van der Waals surface area contributed by atoms with Gasteiger partial charge < -0.3 is 14.7 Å². The van der Waals surface area contributed by atoms with Crippen molar-refractivity contribution in [2.45, 2.75) is 19.9 Å². The van der Waals surface area contributed by atoms with Gasteiger partial charge in [-0.3, -0.25) is 9.59 Å². The summed E-state index contributed by atoms with van der Waals surface area (Å²) < 4.78 is 13.1. The molecular weight excluding hydrogens is 369 g/mol. The van der Waals surface area contributed by atoms with Gasteiger partial charge in [0.1, 0.15) is 5.82 Å². The van der Waals surface area contributed by atoms with Crippen LogP contribution >= 0.6 is 0 Å². The topological polar surface area (TPSA) is 43.9 Å². The second-order valence-electron chi connectivity index (χ2n) is 7.95. The lowest BCUT2D eigenvalue weighted by Gasteiger charge is -2.37. The summed E-state index contributed by atoms with van der Waals surface area (Å²) in [5.74, 6) is -0.383. The number of anilines is 1. The van der Waals surface area contributed by atoms with Gasteiger partial charge in [0, 0.05) is 51.4 Å². The largest absolute Gasteiger partial charge is 0.368 e. The molecule has 2 aromatic carbocycles. The first kappa shape index (κ1) is 19.4. The van der Waals surface area contributed by atoms with E-state index in [4.69, 9.17) is 0 Å². The molecule has 0 radical (unpaired) electrons. The first-order valence-electron chi connectivity index (χ1n) is 10.1. The summed E-state index contributed by atoms with van der Waals surface area (Å²) in [5, 5.41) is 0. The Morgan fingerprint density at radius 3 is 2.31 bits per heavy atom. The second-order valence-corrected chi connectivity index (χ2v) is 7.95. The summed E-state index contributed by atoms with van der Waals surface area (Å²) in [5.41, 5.74) is 3.25. The van der Waals surface area contributed by atoms with E-state index in [1.165, 1.54) is 17.7 Å². The lowest BCUT2D eigenvalue weighted by molar-refractivity contribution is -0.136. The lowest BCUT2D eigenvalue weighted by atomic mass is 10.1. The molecule has 4 rings (SSSR count). The summed E-state index contributed by atoms with van der Waals surface area (Å²) in [4.78, 5) is 31.2. The first-order chi connectivity index (χ1) is 14.0. The second kappa shape index (κ2) is 8.23. The molecule has 152 valence electrons. The van der Waals surface area contributed by atoms with Crippen molar-refractivity contribution in [2.24, 2.45) is 5.92 Å². The van der Waals surface area contributed by atoms with Crippen molar-refractivity contribution in [3.05, 3.63) is 65.5 Å². The van der Waals surface area contributed by atoms with Crippen molar-refractivity contribution in [1.82, 2.24) is 9.80 Å². The number of halogens is 1. The van der Waals surface area contributed by atoms with Gasteiger partial charge in [-0.05, 0) is 36.8 Å². The Kier molecular flexibility index (Phi) is 5.51. The Bertz CT molecular complexity index is 874. The number of amides is 2. The molecule has 2 fully saturated rings. The van der Waals surface area contributed by atoms with Crippen LogP contribution in [-0.2, 0) is 16.1 Å². The van der Waals surface area contributed by atoms with E-state index in [0.29, 0.717) is 45.7 Å². The van der Waals surface area contributed by atoms with E-state index < -0.39 is 0 Å². The zero-order chi connectivity index (χ0) is 20.4. The molecule has 0 unspecified atom stereocenters. The van der Waals surface area contributed by atoms with Crippen LogP contribution in [0, 0.1) is 18.7 Å². The predicted molar refractivity (Wildman–Crippen MR) is 110 cm³/mol. The van der Waals surface area contributed by atoms with Crippen LogP contribution in [0.5, 0.6) is 0 Å². The highest BCUT2D eigenvalue weighted by atomic mass is 19.1. The van der Waals surface area contributed by atoms with Gasteiger partial charge in [-0.2, -0.15) is 0 Å². The molecule has 1 atom stereocenters. The fourth-order valence-electron chi connectivity index (χ4n) is 4.10. The zero-order valence-electron chi connectivity index (χ0n) is 16.7. The SMILES string of the molecule is Cc1ccc(CN2C[C@@H](C(=O)N3CCN(c4ccc(F)cc4)CC3)CC2=O)cc1. The Morgan fingerprint density at radius 1 is 1.00 bits per heavy atom. The van der Waals surface area contributed by atoms with Crippen molar-refractivity contribution in [3.8, 4) is 0 Å². The normalized spacial score (nSPS) is 19.7. The molecule has 0 N–H and O–H groups in total. The van der Waals surface area contributed by atoms with Gasteiger partial charge >= 0.3 is 0 Å². The van der Waals surface area contributed by atoms with Crippen molar-refractivity contribution in [1.29, 1.82) is 0 Å². The third-order valence-electron chi connectivity index (χ3n) is 5.84. The fourth-order valence-corrected chi connectivity index (χ4v) is 4.10. The van der Waals surface area contributed by atoms with E-state index in [2.05, 4.69) is 4.90 Å². The molecule has 2 aliphatic heterocycles. The van der Waals surface area contributed by atoms with Crippen LogP contribution in [0.1, 0.15) is 17.5 Å². The number of hydrogen-bond acceptors (Lipinski definition) is 3. The number of piperazine rings is 1. The van der Waals surface area contributed by atoms with E-state index in [0.717, 1.165) is 11.3 Å². The number of benzene rings is 2. The molecule has 5 nitrogen and oxygen atoms in total. The maximum absolute atomic E-state index is 13.1. The lowest BCUT2D eigenvalue weighted by Crippen LogP contribution is -2.50. The van der Waals surface area contributed by atoms with Crippen LogP contribution in [0.4, 0.5) is 10.1 Å². The standard InChI is InChI=1S/C23H26FN3O2/c1-17-2-4-18(5-3-17)15-27-16-19(14-22(27)28)23(29)26-12-10-25(11-13-26)21-8-6-20(24)7-9-21/h2-9,19H,10-16H2,1H3/t19-/m0/s1. The Morgan fingerprint density at radius 2 is 1.66 bits per heavy atom. The molecule has 6 heteroatoms. The highest BCUT2D eigenvalue weighted by Crippen LogP contribution is 2.24. The van der Waals surface area contributed by atoms with Crippen molar-refractivity contribution < 1.29 is 14.0 Å². The van der Waals surface area contributed by atoms with E-state index in [-0.39, 0.29) is 23.5 Å². The molecule has 0 aliphatic carbocycles. The number of likely N-dealkylation sites (tertiary alicyclic amines) is 1. The summed E-state index contributed by atoms with van der Waals surface area (Å²) in [6, 6.07) is 14.6. The summed E-state index contributed by atoms with van der Waals surface area (Å²) in [7, 11) is 0. The summed E-state index contributed by atoms with van der Waals surface area (Å²) >= 11 is 0. The number of carbonyl (C=O) groups excluding carboxylic acids is 2. The number of carbonyl (C=O) groups is 2. The van der Waals surface area contributed by atoms with Gasteiger partial charge in [-0.1, -0.05) is 29.8 Å². The monoisotopic (exact) mass is 395 g/mol. The molecule has 2 heterocycles. The van der Waals surface area contributed by atoms with E-state index >= 15 is 0 Å². The minimum Gasteiger partial charge on any atom is -0.368 e. The molecule has 2 amide bonds. The molecule has 2 aliphatic rings. The van der Waals surface area contributed by atoms with Crippen LogP contribution in [-0.4, -0.2) is 54.3 Å². The minimum absolute atomic E-state index is 0.0499. The van der Waals surface area contributed by atoms with E-state index in [9.17, 15) is 14.0 Å². The molecule has 0 spiro atoms. The molecule has 2 aromatic rings. The molecule has 0 bridgehead atoms. The maximum Gasteiger partial charge on any atom is 0.228 e. The molecule has 0 saturated carbocycles. The van der Waals surface area contributed by atoms with Gasteiger partial charge in [-0.25, -0.2) is 4.39 Å². The van der Waals surface area contributed by atoms with Crippen molar-refractivity contribution in [2.75, 3.05) is 37.6 Å². The minimum atomic E-state index is -0.259. The van der Waals surface area contributed by atoms with Gasteiger partial charge in [0.2, 0.25) is 11.8 Å². The molecular formula is C23H26FN3O2. The average Bonchev–Trinajstić information content (AvgIpc) is 3.10. The van der Waals surface area contributed by atoms with Crippen LogP contribution in [0.2, 0.25) is 0 Å². The maximum atomic E-state index is 13.1. The van der Waals surface area contributed by atoms with Crippen molar-refractivity contribution in [3.63, 3.8) is 0 Å². The Balaban J connectivity index is 1.31. The van der Waals surface area contributed by atoms with Gasteiger partial charge in [0.25, 0.3) is 0 Å². The third kappa shape index (κ3) is 4.42. The highest BCUT2D eigenvalue weighted by molar-refractivity contribution is 5.89. The number of aryl methyl sites for hydroxylation is 1. The molecule has 0 aromatic heterocycles. The van der Waals surface area contributed by atoms with Gasteiger partial charge in [0.05, 0.1) is 5.92 Å². The third-order valence-corrected chi connectivity index (χ3v) is 5.84. The average molecular weight is 395 g/mol. The summed E-state index contributed by atoms with van der Waals surface area (Å²) in [6.45, 7) is 5.76. The Hall–Kier alpha value is -2.89.